The van der Waals surface area contributed by atoms with E-state index in [9.17, 15) is 0 Å². The number of hydrogen-bond donors (Lipinski definition) is 0. The summed E-state index contributed by atoms with van der Waals surface area (Å²) in [6, 6.07) is 29.0. The third-order valence-electron chi connectivity index (χ3n) is 24.1. The van der Waals surface area contributed by atoms with E-state index in [1.807, 2.05) is 55.0 Å². The van der Waals surface area contributed by atoms with Crippen LogP contribution >= 0.6 is 11.3 Å². The smallest absolute Gasteiger partial charge is 0.381 e. The lowest BCUT2D eigenvalue weighted by atomic mass is 9.41. The zero-order chi connectivity index (χ0) is 76.8. The van der Waals surface area contributed by atoms with Crippen LogP contribution in [-0.4, -0.2) is 179 Å². The summed E-state index contributed by atoms with van der Waals surface area (Å²) >= 11 is 1.72. The number of furan rings is 1. The zero-order valence-corrected chi connectivity index (χ0v) is 63.7. The molecule has 35 heteroatoms. The molecule has 544 valence electrons. The Bertz CT molecular complexity index is 6480. The highest BCUT2D eigenvalue weighted by Crippen LogP contribution is 2.39. The van der Waals surface area contributed by atoms with Gasteiger partial charge < -0.3 is 65.5 Å². The Labute approximate surface area is 682 Å². The highest BCUT2D eigenvalue weighted by molar-refractivity contribution is 7.23. The normalized spacial score (nSPS) is 19.2. The molecule has 8 aromatic heterocycles. The van der Waals surface area contributed by atoms with Gasteiger partial charge in [0.1, 0.15) is 26.3 Å². The summed E-state index contributed by atoms with van der Waals surface area (Å²) in [5, 5.41) is 4.34. The molecule has 0 amide bonds. The van der Waals surface area contributed by atoms with E-state index in [0.717, 1.165) is 71.4 Å². The molecule has 0 bridgehead atoms. The summed E-state index contributed by atoms with van der Waals surface area (Å²) in [5.41, 5.74) is 9.94. The van der Waals surface area contributed by atoms with Crippen molar-refractivity contribution in [3.05, 3.63) is 395 Å². The Morgan fingerprint density at radius 1 is 0.282 bits per heavy atom. The number of allylic oxidation sites excluding steroid dienone is 24. The molecule has 0 spiro atoms. The lowest BCUT2D eigenvalue weighted by molar-refractivity contribution is 0.621. The van der Waals surface area contributed by atoms with Crippen molar-refractivity contribution >= 4 is 188 Å². The molecular formula is C82H62B12N20O2S. The van der Waals surface area contributed by atoms with Crippen LogP contribution in [-0.2, 0) is 0 Å². The molecule has 0 unspecified atom stereocenters. The predicted octanol–water partition coefficient (Wildman–Crippen LogP) is 12.6. The average molecular weight is 1520 g/mol. The van der Waals surface area contributed by atoms with Crippen molar-refractivity contribution in [2.45, 2.75) is 0 Å². The second-order valence-corrected chi connectivity index (χ2v) is 31.4. The van der Waals surface area contributed by atoms with Gasteiger partial charge in [0.15, 0.2) is 17.5 Å². The number of nitrogens with zero attached hydrogens (tertiary/aromatic N) is 20. The Kier molecular flexibility index (Phi) is 15.8. The van der Waals surface area contributed by atoms with Gasteiger partial charge in [0.05, 0.1) is 28.8 Å². The van der Waals surface area contributed by atoms with E-state index in [2.05, 4.69) is 388 Å². The molecule has 11 aromatic rings. The van der Waals surface area contributed by atoms with Gasteiger partial charge in [-0.25, -0.2) is 19.9 Å². The summed E-state index contributed by atoms with van der Waals surface area (Å²) in [4.78, 5) is 31.5. The Morgan fingerprint density at radius 2 is 0.632 bits per heavy atom. The molecule has 15 aliphatic rings. The van der Waals surface area contributed by atoms with Crippen LogP contribution in [0.5, 0.6) is 0 Å². The van der Waals surface area contributed by atoms with E-state index < -0.39 is 0 Å². The summed E-state index contributed by atoms with van der Waals surface area (Å²) in [7, 11) is 0. The van der Waals surface area contributed by atoms with E-state index in [4.69, 9.17) is 38.7 Å². The molecule has 0 saturated carbocycles. The van der Waals surface area contributed by atoms with Crippen LogP contribution in [0.1, 0.15) is 17.5 Å². The number of para-hydroxylation sites is 3. The van der Waals surface area contributed by atoms with Crippen molar-refractivity contribution in [3.8, 4) is 0 Å². The van der Waals surface area contributed by atoms with Gasteiger partial charge in [-0.1, -0.05) is 192 Å². The molecule has 0 N–H and O–H groups in total. The fourth-order valence-electron chi connectivity index (χ4n) is 18.8. The van der Waals surface area contributed by atoms with Gasteiger partial charge in [0.25, 0.3) is 0 Å². The monoisotopic (exact) mass is 1520 g/mol. The molecule has 3 saturated heterocycles. The maximum absolute atomic E-state index is 6.20. The highest BCUT2D eigenvalue weighted by atomic mass is 32.1. The SMILES string of the molecule is C1=CB2N(C=C1)B1C=CC=CN1B1C=C(c3ncc4c(n3)oc3cc5ccccc5n34)C=CN1B1C=CC=CN21.C1=CB2N(C=C1)B1C=CC=CN1B1C=C(c3ncc4c(n3)oc3ccccc34)C=CN1B1C=CC=CN21.C1=CB2N(C=C1)B1C=CC=CN1B1C=C(c3ncc4c(n3)sc3cc5ccccc5n34)C=CN1B1C=CC=CN21. The van der Waals surface area contributed by atoms with Crippen LogP contribution in [0.15, 0.2) is 386 Å². The molecule has 3 fully saturated rings. The second-order valence-electron chi connectivity index (χ2n) is 30.4. The maximum atomic E-state index is 6.20. The van der Waals surface area contributed by atoms with Crippen LogP contribution in [0, 0.1) is 0 Å². The number of fused-ring (bicyclic) bond motifs is 37. The highest BCUT2D eigenvalue weighted by Gasteiger charge is 2.54. The maximum Gasteiger partial charge on any atom is 0.381 e. The van der Waals surface area contributed by atoms with Crippen molar-refractivity contribution in [1.29, 1.82) is 0 Å². The van der Waals surface area contributed by atoms with Crippen molar-refractivity contribution in [2.75, 3.05) is 0 Å². The van der Waals surface area contributed by atoms with E-state index in [0.29, 0.717) is 23.1 Å². The minimum atomic E-state index is -0.0643. The topological polar surface area (TPSA) is 151 Å². The number of oxazole rings is 1. The number of thiazole rings is 1. The molecule has 26 rings (SSSR count). The predicted molar refractivity (Wildman–Crippen MR) is 482 cm³/mol. The summed E-state index contributed by atoms with van der Waals surface area (Å²) in [6.07, 6.45) is 76.6. The van der Waals surface area contributed by atoms with Gasteiger partial charge in [-0.3, -0.25) is 8.80 Å². The molecule has 22 nitrogen and oxygen atoms in total. The Hall–Kier alpha value is -14.1. The molecule has 0 atom stereocenters. The van der Waals surface area contributed by atoms with Crippen molar-refractivity contribution in [3.63, 3.8) is 0 Å². The minimum Gasteiger partial charge on any atom is -0.438 e. The third kappa shape index (κ3) is 11.0. The van der Waals surface area contributed by atoms with Crippen molar-refractivity contribution in [1.82, 2.24) is 95.4 Å². The largest absolute Gasteiger partial charge is 0.438 e. The van der Waals surface area contributed by atoms with Crippen LogP contribution in [0.25, 0.3) is 92.7 Å². The minimum absolute atomic E-state index is 0.0303. The van der Waals surface area contributed by atoms with Gasteiger partial charge in [-0.2, -0.15) is 9.97 Å². The number of hydrogen-bond acceptors (Lipinski definition) is 21. The molecule has 0 radical (unpaired) electrons. The summed E-state index contributed by atoms with van der Waals surface area (Å²) in [6.45, 7) is 0.432. The van der Waals surface area contributed by atoms with Crippen LogP contribution in [0.2, 0.25) is 0 Å². The first kappa shape index (κ1) is 67.4. The van der Waals surface area contributed by atoms with E-state index in [1.54, 1.807) is 11.3 Å². The van der Waals surface area contributed by atoms with Crippen LogP contribution in [0.4, 0.5) is 0 Å². The molecule has 3 aromatic carbocycles. The van der Waals surface area contributed by atoms with Gasteiger partial charge in [-0.05, 0) is 172 Å². The second kappa shape index (κ2) is 27.3. The Morgan fingerprint density at radius 3 is 1.08 bits per heavy atom. The number of aromatic nitrogens is 8. The number of rotatable bonds is 3. The van der Waals surface area contributed by atoms with Crippen molar-refractivity contribution in [2.24, 2.45) is 0 Å². The Balaban J connectivity index is 0.000000101. The van der Waals surface area contributed by atoms with Crippen molar-refractivity contribution < 1.29 is 8.83 Å². The van der Waals surface area contributed by atoms with E-state index >= 15 is 0 Å². The number of benzene rings is 3. The van der Waals surface area contributed by atoms with E-state index in [1.165, 1.54) is 15.7 Å². The lowest BCUT2D eigenvalue weighted by Gasteiger charge is -2.53. The van der Waals surface area contributed by atoms with Crippen LogP contribution < -0.4 is 0 Å². The molecular weight excluding hydrogens is 1460 g/mol. The van der Waals surface area contributed by atoms with Gasteiger partial charge >= 0.3 is 83.8 Å². The van der Waals surface area contributed by atoms with Gasteiger partial charge in [0, 0.05) is 45.1 Å². The molecule has 23 heterocycles. The quantitative estimate of drug-likeness (QED) is 0.154. The third-order valence-corrected chi connectivity index (χ3v) is 25.1. The zero-order valence-electron chi connectivity index (χ0n) is 62.9. The first-order valence-electron chi connectivity index (χ1n) is 39.6. The fourth-order valence-corrected chi connectivity index (χ4v) is 19.8. The first-order valence-corrected chi connectivity index (χ1v) is 40.4. The van der Waals surface area contributed by atoms with Crippen LogP contribution in [0.3, 0.4) is 0 Å². The standard InChI is InChI=1S/C28H21B4N7O.C28H21B4N7S.C26H20B4N6O/c2*1-2-10-24-22(9-1)19-26-39(24)25-21-33-27(34-28(25)40-26)23-11-18-38-31-14-4-7-16-36(31)29-12-3-6-15-35(29)30-13-5-8-17-37(30)32(38)20-23;1-2-10-24-22(9-1)23-20-31-25(32-26(23)37-24)21-11-18-36-29-14-4-7-16-34(29)27-12-3-6-15-33(27)28-13-5-8-17-35(28)30(36)19-21/h2*1-21H;1-20H. The summed E-state index contributed by atoms with van der Waals surface area (Å²) in [5.74, 6) is 29.2. The molecule has 15 aliphatic heterocycles. The van der Waals surface area contributed by atoms with Gasteiger partial charge in [0.2, 0.25) is 17.1 Å². The first-order chi connectivity index (χ1) is 58.0. The van der Waals surface area contributed by atoms with Gasteiger partial charge in [-0.15, -0.1) is 0 Å². The molecule has 117 heavy (non-hydrogen) atoms. The molecule has 0 aliphatic carbocycles. The lowest BCUT2D eigenvalue weighted by Crippen LogP contribution is -2.73. The average Bonchev–Trinajstić information content (AvgIpc) is 1.34. The van der Waals surface area contributed by atoms with E-state index in [-0.39, 0.29) is 83.8 Å². The fraction of sp³-hybridized carbons (Fsp3) is 0. The summed E-state index contributed by atoms with van der Waals surface area (Å²) < 4.78 is 45.5.